The van der Waals surface area contributed by atoms with Crippen molar-refractivity contribution >= 4 is 40.9 Å². The van der Waals surface area contributed by atoms with Crippen LogP contribution in [0.25, 0.3) is 0 Å². The van der Waals surface area contributed by atoms with Crippen molar-refractivity contribution in [1.29, 1.82) is 0 Å². The van der Waals surface area contributed by atoms with Crippen LogP contribution in [0.15, 0.2) is 36.4 Å². The minimum Gasteiger partial charge on any atom is -0.482 e. The molecule has 2 aromatic rings. The third-order valence-electron chi connectivity index (χ3n) is 4.71. The number of hydrogen-bond donors (Lipinski definition) is 0. The van der Waals surface area contributed by atoms with Crippen molar-refractivity contribution in [3.8, 4) is 17.2 Å². The van der Waals surface area contributed by atoms with E-state index in [9.17, 15) is 4.79 Å². The molecular weight excluding hydrogens is 421 g/mol. The molecule has 1 fully saturated rings. The molecule has 0 radical (unpaired) electrons. The molecule has 1 atom stereocenters. The van der Waals surface area contributed by atoms with Gasteiger partial charge in [0.2, 0.25) is 6.79 Å². The Balaban J connectivity index is 1.33. The Bertz CT molecular complexity index is 879. The monoisotopic (exact) mass is 439 g/mol. The fourth-order valence-electron chi connectivity index (χ4n) is 3.22. The van der Waals surface area contributed by atoms with E-state index in [0.29, 0.717) is 34.1 Å². The zero-order valence-corrected chi connectivity index (χ0v) is 17.4. The number of halogens is 2. The van der Waals surface area contributed by atoms with E-state index in [-0.39, 0.29) is 19.3 Å². The highest BCUT2D eigenvalue weighted by Gasteiger charge is 2.24. The molecule has 1 unspecified atom stereocenters. The highest BCUT2D eigenvalue weighted by Crippen LogP contribution is 2.40. The quantitative estimate of drug-likeness (QED) is 0.683. The third-order valence-corrected chi connectivity index (χ3v) is 6.57. The summed E-state index contributed by atoms with van der Waals surface area (Å²) in [4.78, 5) is 14.4. The van der Waals surface area contributed by atoms with E-state index >= 15 is 0 Å². The van der Waals surface area contributed by atoms with Gasteiger partial charge in [0.05, 0.1) is 5.02 Å². The normalized spacial score (nSPS) is 18.6. The predicted octanol–water partition coefficient (Wildman–Crippen LogP) is 4.81. The van der Waals surface area contributed by atoms with Crippen LogP contribution in [0.4, 0.5) is 0 Å². The maximum Gasteiger partial charge on any atom is 0.260 e. The molecule has 1 saturated heterocycles. The van der Waals surface area contributed by atoms with Crippen LogP contribution in [0.3, 0.4) is 0 Å². The van der Waals surface area contributed by atoms with Gasteiger partial charge < -0.3 is 19.1 Å². The molecule has 0 N–H and O–H groups in total. The number of fused-ring (bicyclic) bond motifs is 1. The lowest BCUT2D eigenvalue weighted by molar-refractivity contribution is -0.133. The van der Waals surface area contributed by atoms with Gasteiger partial charge >= 0.3 is 0 Å². The van der Waals surface area contributed by atoms with Gasteiger partial charge in [-0.3, -0.25) is 4.79 Å². The summed E-state index contributed by atoms with van der Waals surface area (Å²) >= 11 is 13.8. The van der Waals surface area contributed by atoms with Gasteiger partial charge in [0.15, 0.2) is 18.1 Å². The first-order valence-electron chi connectivity index (χ1n) is 8.97. The van der Waals surface area contributed by atoms with E-state index in [0.717, 1.165) is 23.7 Å². The summed E-state index contributed by atoms with van der Waals surface area (Å²) in [6.45, 7) is 1.61. The fraction of sp³-hybridized carbons (Fsp3) is 0.350. The number of carbonyl (C=O) groups excluding carboxylic acids is 1. The van der Waals surface area contributed by atoms with Crippen molar-refractivity contribution in [2.45, 2.75) is 11.7 Å². The number of amides is 1. The van der Waals surface area contributed by atoms with Crippen molar-refractivity contribution in [2.24, 2.45) is 0 Å². The number of thioether (sulfide) groups is 1. The standard InChI is InChI=1S/C20H19Cl2NO4S/c21-14-2-4-16(15(22)10-14)25-11-20(24)23-6-5-19(28-8-7-23)13-1-3-17-18(9-13)27-12-26-17/h1-4,9-10,19H,5-8,11-12H2. The lowest BCUT2D eigenvalue weighted by Crippen LogP contribution is -2.36. The van der Waals surface area contributed by atoms with Crippen molar-refractivity contribution in [3.63, 3.8) is 0 Å². The summed E-state index contributed by atoms with van der Waals surface area (Å²) in [7, 11) is 0. The van der Waals surface area contributed by atoms with E-state index in [2.05, 4.69) is 6.07 Å². The van der Waals surface area contributed by atoms with E-state index in [1.54, 1.807) is 18.2 Å². The molecule has 0 spiro atoms. The van der Waals surface area contributed by atoms with Crippen molar-refractivity contribution in [1.82, 2.24) is 4.90 Å². The van der Waals surface area contributed by atoms with Crippen LogP contribution in [0, 0.1) is 0 Å². The van der Waals surface area contributed by atoms with Crippen molar-refractivity contribution < 1.29 is 19.0 Å². The van der Waals surface area contributed by atoms with Gasteiger partial charge in [0.1, 0.15) is 5.75 Å². The molecule has 2 heterocycles. The molecule has 4 rings (SSSR count). The molecular formula is C20H19Cl2NO4S. The Kier molecular flexibility index (Phi) is 6.09. The maximum atomic E-state index is 12.6. The van der Waals surface area contributed by atoms with Crippen molar-refractivity contribution in [3.05, 3.63) is 52.0 Å². The summed E-state index contributed by atoms with van der Waals surface area (Å²) in [5.74, 6) is 2.87. The molecule has 0 bridgehead atoms. The average molecular weight is 440 g/mol. The minimum atomic E-state index is -0.0436. The second kappa shape index (κ2) is 8.72. The smallest absolute Gasteiger partial charge is 0.260 e. The summed E-state index contributed by atoms with van der Waals surface area (Å²) in [5.41, 5.74) is 1.20. The highest BCUT2D eigenvalue weighted by atomic mass is 35.5. The Morgan fingerprint density at radius 1 is 1.14 bits per heavy atom. The summed E-state index contributed by atoms with van der Waals surface area (Å²) in [5, 5.41) is 1.25. The minimum absolute atomic E-state index is 0.0410. The predicted molar refractivity (Wildman–Crippen MR) is 111 cm³/mol. The summed E-state index contributed by atoms with van der Waals surface area (Å²) in [6.07, 6.45) is 0.873. The Morgan fingerprint density at radius 3 is 2.86 bits per heavy atom. The lowest BCUT2D eigenvalue weighted by Gasteiger charge is -2.20. The largest absolute Gasteiger partial charge is 0.482 e. The molecule has 5 nitrogen and oxygen atoms in total. The third kappa shape index (κ3) is 4.45. The number of nitrogens with zero attached hydrogens (tertiary/aromatic N) is 1. The van der Waals surface area contributed by atoms with Gasteiger partial charge in [0, 0.05) is 29.1 Å². The Labute approximate surface area is 177 Å². The molecule has 0 aromatic heterocycles. The Hall–Kier alpha value is -1.76. The van der Waals surface area contributed by atoms with Gasteiger partial charge in [-0.25, -0.2) is 0 Å². The van der Waals surface area contributed by atoms with Crippen LogP contribution in [0.5, 0.6) is 17.2 Å². The first kappa shape index (κ1) is 19.6. The second-order valence-corrected chi connectivity index (χ2v) is 8.66. The maximum absolute atomic E-state index is 12.6. The zero-order valence-electron chi connectivity index (χ0n) is 15.0. The zero-order chi connectivity index (χ0) is 19.5. The molecule has 8 heteroatoms. The average Bonchev–Trinajstić information content (AvgIpc) is 3.01. The van der Waals surface area contributed by atoms with Crippen LogP contribution >= 0.6 is 35.0 Å². The van der Waals surface area contributed by atoms with Crippen molar-refractivity contribution in [2.75, 3.05) is 32.2 Å². The highest BCUT2D eigenvalue weighted by molar-refractivity contribution is 7.99. The van der Waals surface area contributed by atoms with Gasteiger partial charge in [-0.1, -0.05) is 29.3 Å². The number of benzene rings is 2. The lowest BCUT2D eigenvalue weighted by atomic mass is 10.1. The molecule has 0 saturated carbocycles. The molecule has 0 aliphatic carbocycles. The van der Waals surface area contributed by atoms with Crippen LogP contribution < -0.4 is 14.2 Å². The van der Waals surface area contributed by atoms with Crippen LogP contribution in [-0.4, -0.2) is 43.0 Å². The topological polar surface area (TPSA) is 48.0 Å². The summed E-state index contributed by atoms with van der Waals surface area (Å²) in [6, 6.07) is 11.0. The van der Waals surface area contributed by atoms with Gasteiger partial charge in [-0.05, 0) is 42.3 Å². The van der Waals surface area contributed by atoms with Crippen LogP contribution in [-0.2, 0) is 4.79 Å². The van der Waals surface area contributed by atoms with Gasteiger partial charge in [0.25, 0.3) is 5.91 Å². The molecule has 2 aliphatic rings. The molecule has 148 valence electrons. The van der Waals surface area contributed by atoms with Gasteiger partial charge in [-0.2, -0.15) is 11.8 Å². The second-order valence-electron chi connectivity index (χ2n) is 6.51. The van der Waals surface area contributed by atoms with E-state index in [4.69, 9.17) is 37.4 Å². The molecule has 1 amide bonds. The van der Waals surface area contributed by atoms with E-state index < -0.39 is 0 Å². The Morgan fingerprint density at radius 2 is 2.00 bits per heavy atom. The number of ether oxygens (including phenoxy) is 3. The SMILES string of the molecule is O=C(COc1ccc(Cl)cc1Cl)N1CCSC(c2ccc3c(c2)OCO3)CC1. The number of rotatable bonds is 4. The first-order valence-corrected chi connectivity index (χ1v) is 10.8. The fourth-order valence-corrected chi connectivity index (χ4v) is 4.91. The molecule has 28 heavy (non-hydrogen) atoms. The van der Waals surface area contributed by atoms with E-state index in [1.165, 1.54) is 5.56 Å². The van der Waals surface area contributed by atoms with Crippen LogP contribution in [0.1, 0.15) is 17.2 Å². The van der Waals surface area contributed by atoms with Gasteiger partial charge in [-0.15, -0.1) is 0 Å². The molecule has 2 aromatic carbocycles. The summed E-state index contributed by atoms with van der Waals surface area (Å²) < 4.78 is 16.5. The van der Waals surface area contributed by atoms with E-state index in [1.807, 2.05) is 28.8 Å². The number of hydrogen-bond acceptors (Lipinski definition) is 5. The van der Waals surface area contributed by atoms with Crippen LogP contribution in [0.2, 0.25) is 10.0 Å². The molecule has 2 aliphatic heterocycles. The number of carbonyl (C=O) groups is 1. The first-order chi connectivity index (χ1) is 13.6.